The zero-order valence-corrected chi connectivity index (χ0v) is 14.6. The van der Waals surface area contributed by atoms with Crippen LogP contribution in [-0.2, 0) is 6.54 Å². The molecule has 3 rings (SSSR count). The maximum atomic E-state index is 6.31. The van der Waals surface area contributed by atoms with Gasteiger partial charge in [0, 0.05) is 12.6 Å². The molecule has 2 fully saturated rings. The van der Waals surface area contributed by atoms with E-state index in [1.54, 1.807) is 0 Å². The Morgan fingerprint density at radius 1 is 1.18 bits per heavy atom. The Morgan fingerprint density at radius 2 is 1.86 bits per heavy atom. The molecule has 0 unspecified atom stereocenters. The van der Waals surface area contributed by atoms with E-state index in [1.807, 2.05) is 26.0 Å². The molecule has 124 valence electrons. The van der Waals surface area contributed by atoms with Crippen LogP contribution in [-0.4, -0.2) is 30.6 Å². The minimum Gasteiger partial charge on any atom is -0.492 e. The van der Waals surface area contributed by atoms with Crippen LogP contribution in [0.15, 0.2) is 18.2 Å². The van der Waals surface area contributed by atoms with E-state index in [-0.39, 0.29) is 0 Å². The molecule has 1 aromatic rings. The van der Waals surface area contributed by atoms with Gasteiger partial charge in [0.15, 0.2) is 0 Å². The van der Waals surface area contributed by atoms with Crippen LogP contribution in [0, 0.1) is 5.92 Å². The molecule has 1 heterocycles. The van der Waals surface area contributed by atoms with E-state index in [4.69, 9.17) is 22.1 Å². The Morgan fingerprint density at radius 3 is 2.45 bits per heavy atom. The first-order chi connectivity index (χ1) is 10.7. The predicted molar refractivity (Wildman–Crippen MR) is 93.5 cm³/mol. The van der Waals surface area contributed by atoms with Crippen LogP contribution in [0.3, 0.4) is 0 Å². The van der Waals surface area contributed by atoms with Crippen LogP contribution in [0.5, 0.6) is 5.75 Å². The molecule has 0 spiro atoms. The van der Waals surface area contributed by atoms with Crippen LogP contribution >= 0.6 is 11.6 Å². The van der Waals surface area contributed by atoms with E-state index in [1.165, 1.54) is 18.4 Å². The summed E-state index contributed by atoms with van der Waals surface area (Å²) in [5.74, 6) is 1.58. The quantitative estimate of drug-likeness (QED) is 0.887. The highest BCUT2D eigenvalue weighted by molar-refractivity contribution is 6.32. The first-order valence-corrected chi connectivity index (χ1v) is 8.97. The summed E-state index contributed by atoms with van der Waals surface area (Å²) in [4.78, 5) is 2.44. The maximum Gasteiger partial charge on any atom is 0.137 e. The number of hydrogen-bond acceptors (Lipinski definition) is 3. The second-order valence-corrected chi connectivity index (χ2v) is 6.54. The number of halogens is 1. The van der Waals surface area contributed by atoms with Gasteiger partial charge in [-0.3, -0.25) is 4.90 Å². The number of benzene rings is 1. The van der Waals surface area contributed by atoms with E-state index >= 15 is 0 Å². The number of hydrogen-bond donors (Lipinski definition) is 1. The fourth-order valence-corrected chi connectivity index (χ4v) is 2.88. The number of nitrogens with two attached hydrogens (primary N) is 1. The third-order valence-electron chi connectivity index (χ3n) is 4.21. The van der Waals surface area contributed by atoms with Crippen molar-refractivity contribution in [3.8, 4) is 5.75 Å². The summed E-state index contributed by atoms with van der Waals surface area (Å²) in [6, 6.07) is 6.56. The van der Waals surface area contributed by atoms with Gasteiger partial charge in [-0.25, -0.2) is 0 Å². The lowest BCUT2D eigenvalue weighted by Crippen LogP contribution is -2.39. The zero-order valence-electron chi connectivity index (χ0n) is 13.9. The molecular formula is C18H29ClN2O. The minimum absolute atomic E-state index is 0.382. The molecule has 1 aliphatic carbocycles. The van der Waals surface area contributed by atoms with E-state index in [2.05, 4.69) is 11.0 Å². The van der Waals surface area contributed by atoms with Gasteiger partial charge >= 0.3 is 0 Å². The van der Waals surface area contributed by atoms with Gasteiger partial charge in [0.1, 0.15) is 5.75 Å². The smallest absolute Gasteiger partial charge is 0.137 e. The normalized spacial score (nSPS) is 19.5. The van der Waals surface area contributed by atoms with Crippen molar-refractivity contribution in [2.24, 2.45) is 11.7 Å². The number of rotatable bonds is 5. The third kappa shape index (κ3) is 5.45. The van der Waals surface area contributed by atoms with Crippen LogP contribution in [0.4, 0.5) is 0 Å². The molecule has 22 heavy (non-hydrogen) atoms. The standard InChI is InChI=1S/C16H23ClN2O.C2H6/c17-15-9-13(10-19-7-5-14(18)6-8-19)3-4-16(15)20-11-12-1-2-12;1-2/h3-4,9,12,14H,1-2,5-8,10-11,18H2;1-2H3. The van der Waals surface area contributed by atoms with Gasteiger partial charge in [0.2, 0.25) is 0 Å². The fourth-order valence-electron chi connectivity index (χ4n) is 2.62. The lowest BCUT2D eigenvalue weighted by Gasteiger charge is -2.30. The summed E-state index contributed by atoms with van der Waals surface area (Å²) in [7, 11) is 0. The van der Waals surface area contributed by atoms with Crippen molar-refractivity contribution in [1.82, 2.24) is 4.90 Å². The van der Waals surface area contributed by atoms with Crippen LogP contribution in [0.1, 0.15) is 45.1 Å². The predicted octanol–water partition coefficient (Wildman–Crippen LogP) is 4.08. The molecular weight excluding hydrogens is 296 g/mol. The molecule has 0 bridgehead atoms. The van der Waals surface area contributed by atoms with Crippen molar-refractivity contribution in [2.45, 2.75) is 52.1 Å². The van der Waals surface area contributed by atoms with Crippen molar-refractivity contribution in [1.29, 1.82) is 0 Å². The molecule has 0 radical (unpaired) electrons. The van der Waals surface area contributed by atoms with Crippen LogP contribution in [0.2, 0.25) is 5.02 Å². The lowest BCUT2D eigenvalue weighted by molar-refractivity contribution is 0.205. The summed E-state index contributed by atoms with van der Waals surface area (Å²) < 4.78 is 5.76. The number of nitrogens with zero attached hydrogens (tertiary/aromatic N) is 1. The second-order valence-electron chi connectivity index (χ2n) is 6.13. The average Bonchev–Trinajstić information content (AvgIpc) is 3.35. The highest BCUT2D eigenvalue weighted by atomic mass is 35.5. The van der Waals surface area contributed by atoms with Gasteiger partial charge in [-0.1, -0.05) is 31.5 Å². The Bertz CT molecular complexity index is 454. The Balaban J connectivity index is 0.000000847. The molecule has 0 aromatic heterocycles. The van der Waals surface area contributed by atoms with Gasteiger partial charge in [-0.2, -0.15) is 0 Å². The van der Waals surface area contributed by atoms with Crippen molar-refractivity contribution < 1.29 is 4.74 Å². The number of ether oxygens (including phenoxy) is 1. The minimum atomic E-state index is 0.382. The van der Waals surface area contributed by atoms with Gasteiger partial charge in [-0.15, -0.1) is 0 Å². The van der Waals surface area contributed by atoms with E-state index in [0.29, 0.717) is 6.04 Å². The van der Waals surface area contributed by atoms with Crippen LogP contribution < -0.4 is 10.5 Å². The summed E-state index contributed by atoms with van der Waals surface area (Å²) >= 11 is 6.31. The van der Waals surface area contributed by atoms with E-state index in [0.717, 1.165) is 55.8 Å². The number of piperidine rings is 1. The largest absolute Gasteiger partial charge is 0.492 e. The highest BCUT2D eigenvalue weighted by Crippen LogP contribution is 2.32. The molecule has 0 atom stereocenters. The monoisotopic (exact) mass is 324 g/mol. The van der Waals surface area contributed by atoms with Gasteiger partial charge < -0.3 is 10.5 Å². The maximum absolute atomic E-state index is 6.31. The molecule has 0 amide bonds. The second kappa shape index (κ2) is 8.76. The highest BCUT2D eigenvalue weighted by Gasteiger charge is 2.22. The first-order valence-electron chi connectivity index (χ1n) is 8.60. The molecule has 1 saturated carbocycles. The average molecular weight is 325 g/mol. The molecule has 2 aliphatic rings. The van der Waals surface area contributed by atoms with Crippen LogP contribution in [0.25, 0.3) is 0 Å². The van der Waals surface area contributed by atoms with E-state index in [9.17, 15) is 0 Å². The zero-order chi connectivity index (χ0) is 15.9. The van der Waals surface area contributed by atoms with Crippen molar-refractivity contribution in [2.75, 3.05) is 19.7 Å². The molecule has 3 nitrogen and oxygen atoms in total. The topological polar surface area (TPSA) is 38.5 Å². The molecule has 1 saturated heterocycles. The summed E-state index contributed by atoms with van der Waals surface area (Å²) in [5.41, 5.74) is 7.19. The molecule has 1 aromatic carbocycles. The Hall–Kier alpha value is -0.770. The summed E-state index contributed by atoms with van der Waals surface area (Å²) in [6.45, 7) is 7.93. The Kier molecular flexibility index (Phi) is 7.00. The molecule has 1 aliphatic heterocycles. The SMILES string of the molecule is CC.NC1CCN(Cc2ccc(OCC3CC3)c(Cl)c2)CC1. The number of likely N-dealkylation sites (tertiary alicyclic amines) is 1. The summed E-state index contributed by atoms with van der Waals surface area (Å²) in [6.07, 6.45) is 4.78. The Labute approximate surface area is 139 Å². The lowest BCUT2D eigenvalue weighted by atomic mass is 10.1. The van der Waals surface area contributed by atoms with E-state index < -0.39 is 0 Å². The first kappa shape index (κ1) is 17.6. The van der Waals surface area contributed by atoms with Gasteiger partial charge in [-0.05, 0) is 62.4 Å². The molecule has 2 N–H and O–H groups in total. The van der Waals surface area contributed by atoms with Crippen molar-refractivity contribution in [3.05, 3.63) is 28.8 Å². The fraction of sp³-hybridized carbons (Fsp3) is 0.667. The van der Waals surface area contributed by atoms with Crippen molar-refractivity contribution in [3.63, 3.8) is 0 Å². The van der Waals surface area contributed by atoms with Gasteiger partial charge in [0.25, 0.3) is 0 Å². The molecule has 4 heteroatoms. The summed E-state index contributed by atoms with van der Waals surface area (Å²) in [5, 5.41) is 0.733. The third-order valence-corrected chi connectivity index (χ3v) is 4.50. The van der Waals surface area contributed by atoms with Crippen molar-refractivity contribution >= 4 is 11.6 Å². The van der Waals surface area contributed by atoms with Gasteiger partial charge in [0.05, 0.1) is 11.6 Å².